The molecule has 1 aliphatic heterocycles. The van der Waals surface area contributed by atoms with Crippen LogP contribution in [0.15, 0.2) is 24.3 Å². The molecule has 0 spiro atoms. The van der Waals surface area contributed by atoms with Gasteiger partial charge in [0.05, 0.1) is 6.04 Å². The molecule has 0 saturated carbocycles. The summed E-state index contributed by atoms with van der Waals surface area (Å²) >= 11 is 1.88. The van der Waals surface area contributed by atoms with Crippen LogP contribution in [0.1, 0.15) is 29.8 Å². The van der Waals surface area contributed by atoms with Gasteiger partial charge in [0.1, 0.15) is 0 Å². The Morgan fingerprint density at radius 1 is 1.47 bits per heavy atom. The molecule has 104 valence electrons. The Morgan fingerprint density at radius 3 is 2.95 bits per heavy atom. The maximum atomic E-state index is 12.6. The molecular weight excluding hydrogens is 254 g/mol. The number of benzene rings is 1. The summed E-state index contributed by atoms with van der Waals surface area (Å²) in [6.07, 6.45) is 1.04. The average Bonchev–Trinajstić information content (AvgIpc) is 2.38. The summed E-state index contributed by atoms with van der Waals surface area (Å²) in [5, 5.41) is 0. The van der Waals surface area contributed by atoms with Crippen LogP contribution in [0.2, 0.25) is 0 Å². The van der Waals surface area contributed by atoms with Gasteiger partial charge < -0.3 is 0 Å². The van der Waals surface area contributed by atoms with E-state index in [-0.39, 0.29) is 11.8 Å². The maximum absolute atomic E-state index is 12.6. The van der Waals surface area contributed by atoms with Crippen molar-refractivity contribution in [3.63, 3.8) is 0 Å². The lowest BCUT2D eigenvalue weighted by atomic mass is 9.97. The fourth-order valence-electron chi connectivity index (χ4n) is 2.48. The van der Waals surface area contributed by atoms with Gasteiger partial charge in [0.25, 0.3) is 0 Å². The molecule has 19 heavy (non-hydrogen) atoms. The van der Waals surface area contributed by atoms with Gasteiger partial charge in [0, 0.05) is 23.6 Å². The van der Waals surface area contributed by atoms with Gasteiger partial charge in [-0.1, -0.05) is 32.0 Å². The van der Waals surface area contributed by atoms with Crippen LogP contribution < -0.4 is 0 Å². The highest BCUT2D eigenvalue weighted by Crippen LogP contribution is 2.20. The van der Waals surface area contributed by atoms with Crippen LogP contribution in [0, 0.1) is 5.92 Å². The Balaban J connectivity index is 2.14. The molecule has 0 bridgehead atoms. The number of hydrogen-bond donors (Lipinski definition) is 0. The minimum atomic E-state index is 0.0491. The molecule has 1 aliphatic rings. The van der Waals surface area contributed by atoms with Gasteiger partial charge in [-0.2, -0.15) is 11.8 Å². The van der Waals surface area contributed by atoms with Crippen molar-refractivity contribution in [1.29, 1.82) is 0 Å². The number of likely N-dealkylation sites (N-methyl/N-ethyl adjacent to an activating group) is 1. The molecule has 1 aromatic carbocycles. The lowest BCUT2D eigenvalue weighted by Crippen LogP contribution is -2.44. The highest BCUT2D eigenvalue weighted by atomic mass is 32.2. The van der Waals surface area contributed by atoms with Crippen LogP contribution in [0.5, 0.6) is 0 Å². The molecule has 0 N–H and O–H groups in total. The molecule has 1 unspecified atom stereocenters. The van der Waals surface area contributed by atoms with Gasteiger partial charge in [0.2, 0.25) is 0 Å². The summed E-state index contributed by atoms with van der Waals surface area (Å²) in [6.45, 7) is 5.42. The molecule has 0 aliphatic carbocycles. The van der Waals surface area contributed by atoms with Crippen LogP contribution in [-0.4, -0.2) is 41.8 Å². The number of carbonyl (C=O) groups excluding carboxylic acids is 1. The van der Waals surface area contributed by atoms with E-state index >= 15 is 0 Å². The van der Waals surface area contributed by atoms with Crippen molar-refractivity contribution >= 4 is 17.5 Å². The zero-order valence-electron chi connectivity index (χ0n) is 12.1. The normalized spacial score (nSPS) is 20.7. The molecule has 1 heterocycles. The third-order valence-electron chi connectivity index (χ3n) is 3.55. The van der Waals surface area contributed by atoms with E-state index in [2.05, 4.69) is 37.9 Å². The predicted octanol–water partition coefficient (Wildman–Crippen LogP) is 3.12. The second kappa shape index (κ2) is 6.58. The van der Waals surface area contributed by atoms with Crippen LogP contribution in [0.4, 0.5) is 0 Å². The summed E-state index contributed by atoms with van der Waals surface area (Å²) in [6, 6.07) is 8.22. The van der Waals surface area contributed by atoms with Crippen LogP contribution in [0.25, 0.3) is 0 Å². The van der Waals surface area contributed by atoms with E-state index < -0.39 is 0 Å². The average molecular weight is 277 g/mol. The molecular formula is C16H23NOS. The van der Waals surface area contributed by atoms with Gasteiger partial charge in [-0.05, 0) is 31.0 Å². The van der Waals surface area contributed by atoms with Gasteiger partial charge in [0.15, 0.2) is 5.78 Å². The van der Waals surface area contributed by atoms with Crippen molar-refractivity contribution in [3.8, 4) is 0 Å². The third kappa shape index (κ3) is 3.83. The number of thioether (sulfide) groups is 1. The quantitative estimate of drug-likeness (QED) is 0.789. The fourth-order valence-corrected chi connectivity index (χ4v) is 3.69. The zero-order valence-corrected chi connectivity index (χ0v) is 12.9. The second-order valence-electron chi connectivity index (χ2n) is 5.73. The van der Waals surface area contributed by atoms with E-state index in [9.17, 15) is 4.79 Å². The lowest BCUT2D eigenvalue weighted by molar-refractivity contribution is 0.0874. The van der Waals surface area contributed by atoms with Crippen molar-refractivity contribution in [1.82, 2.24) is 4.90 Å². The minimum absolute atomic E-state index is 0.0491. The zero-order chi connectivity index (χ0) is 13.8. The van der Waals surface area contributed by atoms with E-state index in [1.165, 1.54) is 5.56 Å². The summed E-state index contributed by atoms with van der Waals surface area (Å²) in [5.41, 5.74) is 2.14. The Bertz CT molecular complexity index is 444. The first kappa shape index (κ1) is 14.6. The number of rotatable bonds is 4. The minimum Gasteiger partial charge on any atom is -0.295 e. The molecule has 1 fully saturated rings. The molecule has 1 saturated heterocycles. The first-order chi connectivity index (χ1) is 9.08. The summed E-state index contributed by atoms with van der Waals surface area (Å²) in [4.78, 5) is 14.8. The fraction of sp³-hybridized carbons (Fsp3) is 0.562. The number of ketones is 1. The molecule has 3 heteroatoms. The largest absolute Gasteiger partial charge is 0.295 e. The number of carbonyl (C=O) groups is 1. The van der Waals surface area contributed by atoms with Gasteiger partial charge >= 0.3 is 0 Å². The van der Waals surface area contributed by atoms with Crippen LogP contribution >= 0.6 is 11.8 Å². The first-order valence-corrected chi connectivity index (χ1v) is 8.14. The van der Waals surface area contributed by atoms with E-state index in [0.717, 1.165) is 30.0 Å². The maximum Gasteiger partial charge on any atom is 0.180 e. The van der Waals surface area contributed by atoms with Gasteiger partial charge in [-0.25, -0.2) is 0 Å². The van der Waals surface area contributed by atoms with Crippen molar-refractivity contribution < 1.29 is 4.79 Å². The lowest BCUT2D eigenvalue weighted by Gasteiger charge is -2.30. The molecule has 2 nitrogen and oxygen atoms in total. The Kier molecular flexibility index (Phi) is 5.06. The standard InChI is InChI=1S/C16H23NOS/c1-12(2)9-13-5-4-6-14(10-13)16(18)15-11-19-8-7-17(15)3/h4-6,10,12,15H,7-9,11H2,1-3H3. The smallest absolute Gasteiger partial charge is 0.180 e. The molecule has 0 aromatic heterocycles. The van der Waals surface area contributed by atoms with Gasteiger partial charge in [-0.15, -0.1) is 0 Å². The van der Waals surface area contributed by atoms with Crippen molar-refractivity contribution in [2.45, 2.75) is 26.3 Å². The second-order valence-corrected chi connectivity index (χ2v) is 6.88. The van der Waals surface area contributed by atoms with Crippen LogP contribution in [-0.2, 0) is 6.42 Å². The SMILES string of the molecule is CC(C)Cc1cccc(C(=O)C2CSCCN2C)c1. The molecule has 2 rings (SSSR count). The summed E-state index contributed by atoms with van der Waals surface area (Å²) < 4.78 is 0. The monoisotopic (exact) mass is 277 g/mol. The molecule has 0 radical (unpaired) electrons. The van der Waals surface area contributed by atoms with Crippen molar-refractivity contribution in [3.05, 3.63) is 35.4 Å². The van der Waals surface area contributed by atoms with E-state index in [4.69, 9.17) is 0 Å². The number of hydrogen-bond acceptors (Lipinski definition) is 3. The Morgan fingerprint density at radius 2 is 2.26 bits per heavy atom. The first-order valence-electron chi connectivity index (χ1n) is 6.99. The van der Waals surface area contributed by atoms with Crippen LogP contribution in [0.3, 0.4) is 0 Å². The summed E-state index contributed by atoms with van der Waals surface area (Å²) in [5.74, 6) is 2.95. The Labute approximate surface area is 120 Å². The topological polar surface area (TPSA) is 20.3 Å². The molecule has 1 atom stereocenters. The predicted molar refractivity (Wildman–Crippen MR) is 83.1 cm³/mol. The van der Waals surface area contributed by atoms with E-state index in [1.807, 2.05) is 23.9 Å². The number of Topliss-reactive ketones (excluding diaryl/α,β-unsaturated/α-hetero) is 1. The molecule has 0 amide bonds. The van der Waals surface area contributed by atoms with Gasteiger partial charge in [-0.3, -0.25) is 9.69 Å². The summed E-state index contributed by atoms with van der Waals surface area (Å²) in [7, 11) is 2.06. The third-order valence-corrected chi connectivity index (χ3v) is 4.58. The van der Waals surface area contributed by atoms with Crippen molar-refractivity contribution in [2.75, 3.05) is 25.1 Å². The Hall–Kier alpha value is -0.800. The van der Waals surface area contributed by atoms with Crippen molar-refractivity contribution in [2.24, 2.45) is 5.92 Å². The molecule has 1 aromatic rings. The number of nitrogens with zero attached hydrogens (tertiary/aromatic N) is 1. The highest BCUT2D eigenvalue weighted by Gasteiger charge is 2.27. The highest BCUT2D eigenvalue weighted by molar-refractivity contribution is 7.99. The van der Waals surface area contributed by atoms with E-state index in [1.54, 1.807) is 0 Å². The van der Waals surface area contributed by atoms with E-state index in [0.29, 0.717) is 5.92 Å².